The molecule has 4 heteroatoms. The van der Waals surface area contributed by atoms with Gasteiger partial charge in [0.1, 0.15) is 5.01 Å². The number of thioether (sulfide) groups is 1. The Morgan fingerprint density at radius 3 is 2.70 bits per heavy atom. The summed E-state index contributed by atoms with van der Waals surface area (Å²) in [6.45, 7) is 0. The van der Waals surface area contributed by atoms with Gasteiger partial charge in [0.05, 0.1) is 11.4 Å². The van der Waals surface area contributed by atoms with E-state index in [0.29, 0.717) is 0 Å². The van der Waals surface area contributed by atoms with E-state index in [1.54, 1.807) is 11.3 Å². The summed E-state index contributed by atoms with van der Waals surface area (Å²) >= 11 is 7.04. The smallest absolute Gasteiger partial charge is 0.104 e. The molecule has 0 amide bonds. The van der Waals surface area contributed by atoms with Gasteiger partial charge >= 0.3 is 0 Å². The molecule has 1 heterocycles. The number of benzene rings is 2. The molecule has 20 heavy (non-hydrogen) atoms. The first-order valence-corrected chi connectivity index (χ1v) is 8.85. The highest BCUT2D eigenvalue weighted by Crippen LogP contribution is 2.28. The van der Waals surface area contributed by atoms with Gasteiger partial charge in [-0.3, -0.25) is 0 Å². The molecule has 0 aliphatic carbocycles. The Balaban J connectivity index is 1.69. The van der Waals surface area contributed by atoms with E-state index in [1.807, 2.05) is 36.0 Å². The Morgan fingerprint density at radius 1 is 1.05 bits per heavy atom. The third-order valence-corrected chi connectivity index (χ3v) is 5.31. The van der Waals surface area contributed by atoms with Crippen LogP contribution in [0.2, 0.25) is 0 Å². The van der Waals surface area contributed by atoms with Crippen molar-refractivity contribution < 1.29 is 0 Å². The number of halogens is 1. The van der Waals surface area contributed by atoms with E-state index >= 15 is 0 Å². The minimum absolute atomic E-state index is 0.911. The predicted octanol–water partition coefficient (Wildman–Crippen LogP) is 5.86. The first-order valence-electron chi connectivity index (χ1n) is 6.19. The van der Waals surface area contributed by atoms with Gasteiger partial charge in [0.2, 0.25) is 0 Å². The maximum absolute atomic E-state index is 4.70. The molecule has 0 atom stereocenters. The van der Waals surface area contributed by atoms with Gasteiger partial charge in [-0.15, -0.1) is 23.1 Å². The number of hydrogen-bond acceptors (Lipinski definition) is 3. The summed E-state index contributed by atoms with van der Waals surface area (Å²) in [6.07, 6.45) is 0. The molecule has 0 bridgehead atoms. The van der Waals surface area contributed by atoms with Crippen molar-refractivity contribution in [3.63, 3.8) is 0 Å². The Morgan fingerprint density at radius 2 is 1.90 bits per heavy atom. The van der Waals surface area contributed by atoms with Gasteiger partial charge in [0.15, 0.2) is 0 Å². The molecule has 1 aromatic heterocycles. The van der Waals surface area contributed by atoms with Gasteiger partial charge in [-0.1, -0.05) is 52.3 Å². The fourth-order valence-electron chi connectivity index (χ4n) is 1.82. The number of aromatic nitrogens is 1. The van der Waals surface area contributed by atoms with Gasteiger partial charge in [0, 0.05) is 20.3 Å². The lowest BCUT2D eigenvalue weighted by molar-refractivity contribution is 1.26. The van der Waals surface area contributed by atoms with Crippen LogP contribution in [0.1, 0.15) is 5.01 Å². The highest BCUT2D eigenvalue weighted by Gasteiger charge is 2.05. The van der Waals surface area contributed by atoms with Gasteiger partial charge in [-0.2, -0.15) is 0 Å². The molecule has 0 fully saturated rings. The van der Waals surface area contributed by atoms with Crippen LogP contribution in [0.15, 0.2) is 69.3 Å². The average Bonchev–Trinajstić information content (AvgIpc) is 2.95. The molecule has 0 unspecified atom stereocenters. The second-order valence-corrected chi connectivity index (χ2v) is 7.15. The van der Waals surface area contributed by atoms with Crippen molar-refractivity contribution in [2.75, 3.05) is 0 Å². The monoisotopic (exact) mass is 361 g/mol. The first kappa shape index (κ1) is 13.9. The maximum atomic E-state index is 4.70. The molecule has 1 nitrogen and oxygen atoms in total. The predicted molar refractivity (Wildman–Crippen MR) is 91.3 cm³/mol. The zero-order valence-electron chi connectivity index (χ0n) is 10.6. The van der Waals surface area contributed by atoms with Crippen molar-refractivity contribution >= 4 is 39.0 Å². The van der Waals surface area contributed by atoms with Crippen LogP contribution >= 0.6 is 39.0 Å². The molecule has 0 radical (unpaired) electrons. The molecule has 0 spiro atoms. The van der Waals surface area contributed by atoms with Crippen LogP contribution in [-0.2, 0) is 5.75 Å². The summed E-state index contributed by atoms with van der Waals surface area (Å²) in [4.78, 5) is 5.96. The van der Waals surface area contributed by atoms with E-state index in [-0.39, 0.29) is 0 Å². The van der Waals surface area contributed by atoms with Crippen molar-refractivity contribution in [2.24, 2.45) is 0 Å². The molecule has 0 N–H and O–H groups in total. The number of nitrogens with zero attached hydrogens (tertiary/aromatic N) is 1. The number of rotatable bonds is 4. The Bertz CT molecular complexity index is 694. The van der Waals surface area contributed by atoms with E-state index in [9.17, 15) is 0 Å². The molecule has 0 saturated heterocycles. The van der Waals surface area contributed by atoms with E-state index < -0.39 is 0 Å². The van der Waals surface area contributed by atoms with E-state index in [0.717, 1.165) is 20.9 Å². The highest BCUT2D eigenvalue weighted by atomic mass is 79.9. The van der Waals surface area contributed by atoms with E-state index in [2.05, 4.69) is 51.6 Å². The van der Waals surface area contributed by atoms with Gasteiger partial charge in [-0.05, 0) is 18.2 Å². The van der Waals surface area contributed by atoms with Crippen molar-refractivity contribution in [1.29, 1.82) is 0 Å². The molecular formula is C16H12BrNS2. The molecule has 2 aromatic carbocycles. The summed E-state index contributed by atoms with van der Waals surface area (Å²) in [6, 6.07) is 18.7. The third kappa shape index (κ3) is 3.51. The summed E-state index contributed by atoms with van der Waals surface area (Å²) in [5, 5.41) is 3.29. The minimum Gasteiger partial charge on any atom is -0.240 e. The van der Waals surface area contributed by atoms with Crippen molar-refractivity contribution in [3.8, 4) is 11.3 Å². The number of hydrogen-bond donors (Lipinski definition) is 0. The summed E-state index contributed by atoms with van der Waals surface area (Å²) in [5.74, 6) is 0.911. The molecule has 3 rings (SSSR count). The van der Waals surface area contributed by atoms with Gasteiger partial charge in [-0.25, -0.2) is 4.98 Å². The standard InChI is InChI=1S/C16H12BrNS2/c17-13-7-4-8-14(9-13)19-11-16-18-15(10-20-16)12-5-2-1-3-6-12/h1-10H,11H2. The third-order valence-electron chi connectivity index (χ3n) is 2.78. The van der Waals surface area contributed by atoms with Gasteiger partial charge in [0.25, 0.3) is 0 Å². The molecule has 0 saturated carbocycles. The van der Waals surface area contributed by atoms with Crippen LogP contribution in [0, 0.1) is 0 Å². The topological polar surface area (TPSA) is 12.9 Å². The maximum Gasteiger partial charge on any atom is 0.104 e. The average molecular weight is 362 g/mol. The van der Waals surface area contributed by atoms with Crippen LogP contribution < -0.4 is 0 Å². The van der Waals surface area contributed by atoms with E-state index in [1.165, 1.54) is 10.5 Å². The lowest BCUT2D eigenvalue weighted by Gasteiger charge is -1.99. The fourth-order valence-corrected chi connectivity index (χ4v) is 4.15. The quantitative estimate of drug-likeness (QED) is 0.539. The van der Waals surface area contributed by atoms with E-state index in [4.69, 9.17) is 4.98 Å². The zero-order chi connectivity index (χ0) is 13.8. The van der Waals surface area contributed by atoms with Crippen LogP contribution in [-0.4, -0.2) is 4.98 Å². The fraction of sp³-hybridized carbons (Fsp3) is 0.0625. The van der Waals surface area contributed by atoms with Crippen LogP contribution in [0.4, 0.5) is 0 Å². The number of thiazole rings is 1. The second-order valence-electron chi connectivity index (χ2n) is 4.24. The molecule has 3 aromatic rings. The summed E-state index contributed by atoms with van der Waals surface area (Å²) in [5.41, 5.74) is 2.25. The SMILES string of the molecule is Brc1cccc(SCc2nc(-c3ccccc3)cs2)c1. The Kier molecular flexibility index (Phi) is 4.55. The Hall–Kier alpha value is -1.10. The molecular weight excluding hydrogens is 350 g/mol. The summed E-state index contributed by atoms with van der Waals surface area (Å²) in [7, 11) is 0. The first-order chi connectivity index (χ1) is 9.81. The molecule has 100 valence electrons. The van der Waals surface area contributed by atoms with Crippen molar-refractivity contribution in [2.45, 2.75) is 10.6 Å². The van der Waals surface area contributed by atoms with Crippen LogP contribution in [0.5, 0.6) is 0 Å². The normalized spacial score (nSPS) is 10.7. The lowest BCUT2D eigenvalue weighted by atomic mass is 10.2. The minimum atomic E-state index is 0.911. The zero-order valence-corrected chi connectivity index (χ0v) is 13.8. The summed E-state index contributed by atoms with van der Waals surface area (Å²) < 4.78 is 1.12. The largest absolute Gasteiger partial charge is 0.240 e. The second kappa shape index (κ2) is 6.57. The van der Waals surface area contributed by atoms with Crippen LogP contribution in [0.3, 0.4) is 0 Å². The lowest BCUT2D eigenvalue weighted by Crippen LogP contribution is -1.81. The van der Waals surface area contributed by atoms with Crippen LogP contribution in [0.25, 0.3) is 11.3 Å². The Labute approximate surface area is 135 Å². The highest BCUT2D eigenvalue weighted by molar-refractivity contribution is 9.10. The van der Waals surface area contributed by atoms with Crippen molar-refractivity contribution in [3.05, 3.63) is 69.5 Å². The molecule has 0 aliphatic heterocycles. The molecule has 0 aliphatic rings. The van der Waals surface area contributed by atoms with Gasteiger partial charge < -0.3 is 0 Å². The van der Waals surface area contributed by atoms with Crippen molar-refractivity contribution in [1.82, 2.24) is 4.98 Å².